The third-order valence-corrected chi connectivity index (χ3v) is 3.33. The van der Waals surface area contributed by atoms with E-state index >= 15 is 0 Å². The van der Waals surface area contributed by atoms with Gasteiger partial charge >= 0.3 is 0 Å². The highest BCUT2D eigenvalue weighted by molar-refractivity contribution is 6.11. The van der Waals surface area contributed by atoms with Crippen LogP contribution in [0.25, 0.3) is 0 Å². The number of non-ortho nitro benzene ring substituents is 1. The summed E-state index contributed by atoms with van der Waals surface area (Å²) < 4.78 is 0. The van der Waals surface area contributed by atoms with Crippen LogP contribution in [0.4, 0.5) is 11.4 Å². The lowest BCUT2D eigenvalue weighted by atomic mass is 10.1. The number of pyridine rings is 1. The second kappa shape index (κ2) is 7.15. The lowest BCUT2D eigenvalue weighted by Crippen LogP contribution is -2.08. The van der Waals surface area contributed by atoms with Crippen LogP contribution in [0.2, 0.25) is 0 Å². The van der Waals surface area contributed by atoms with Gasteiger partial charge in [0.2, 0.25) is 0 Å². The highest BCUT2D eigenvalue weighted by atomic mass is 16.6. The Kier molecular flexibility index (Phi) is 4.57. The van der Waals surface area contributed by atoms with E-state index in [0.717, 1.165) is 11.3 Å². The second-order valence-electron chi connectivity index (χ2n) is 4.96. The molecule has 24 heavy (non-hydrogen) atoms. The Morgan fingerprint density at radius 1 is 0.958 bits per heavy atom. The van der Waals surface area contributed by atoms with Gasteiger partial charge in [0, 0.05) is 23.9 Å². The van der Waals surface area contributed by atoms with Crippen molar-refractivity contribution in [3.63, 3.8) is 0 Å². The highest BCUT2D eigenvalue weighted by Crippen LogP contribution is 2.16. The van der Waals surface area contributed by atoms with Crippen LogP contribution < -0.4 is 5.43 Å². The summed E-state index contributed by atoms with van der Waals surface area (Å²) in [4.78, 5) is 14.6. The molecule has 6 heteroatoms. The molecule has 0 fully saturated rings. The Morgan fingerprint density at radius 2 is 1.67 bits per heavy atom. The molecule has 0 unspecified atom stereocenters. The summed E-state index contributed by atoms with van der Waals surface area (Å²) >= 11 is 0. The average Bonchev–Trinajstić information content (AvgIpc) is 2.64. The van der Waals surface area contributed by atoms with Gasteiger partial charge in [0.15, 0.2) is 0 Å². The number of rotatable bonds is 5. The van der Waals surface area contributed by atoms with Crippen molar-refractivity contribution in [1.29, 1.82) is 0 Å². The molecule has 0 atom stereocenters. The van der Waals surface area contributed by atoms with Gasteiger partial charge in [0.25, 0.3) is 5.69 Å². The number of benzene rings is 2. The molecular weight excluding hydrogens is 304 g/mol. The van der Waals surface area contributed by atoms with Gasteiger partial charge in [-0.25, -0.2) is 0 Å². The Hall–Kier alpha value is -3.54. The Balaban J connectivity index is 1.91. The van der Waals surface area contributed by atoms with Crippen LogP contribution in [0.3, 0.4) is 0 Å². The van der Waals surface area contributed by atoms with Gasteiger partial charge in [0.05, 0.1) is 16.3 Å². The molecule has 0 saturated carbocycles. The third kappa shape index (κ3) is 3.61. The average molecular weight is 318 g/mol. The zero-order chi connectivity index (χ0) is 16.8. The molecule has 1 N–H and O–H groups in total. The highest BCUT2D eigenvalue weighted by Gasteiger charge is 2.08. The van der Waals surface area contributed by atoms with Crippen molar-refractivity contribution in [3.05, 3.63) is 100 Å². The van der Waals surface area contributed by atoms with E-state index in [-0.39, 0.29) is 5.69 Å². The molecule has 1 aromatic heterocycles. The van der Waals surface area contributed by atoms with Gasteiger partial charge in [0.1, 0.15) is 5.71 Å². The number of hydrazone groups is 1. The lowest BCUT2D eigenvalue weighted by Gasteiger charge is -2.07. The summed E-state index contributed by atoms with van der Waals surface area (Å²) in [6.07, 6.45) is 1.71. The number of nitrogens with zero attached hydrogens (tertiary/aromatic N) is 3. The van der Waals surface area contributed by atoms with E-state index in [4.69, 9.17) is 0 Å². The van der Waals surface area contributed by atoms with Crippen molar-refractivity contribution in [1.82, 2.24) is 4.98 Å². The van der Waals surface area contributed by atoms with Crippen molar-refractivity contribution in [2.24, 2.45) is 5.10 Å². The van der Waals surface area contributed by atoms with E-state index in [1.807, 2.05) is 48.5 Å². The van der Waals surface area contributed by atoms with Crippen molar-refractivity contribution in [3.8, 4) is 0 Å². The minimum Gasteiger partial charge on any atom is -0.278 e. The Bertz CT molecular complexity index is 806. The molecule has 0 saturated heterocycles. The zero-order valence-electron chi connectivity index (χ0n) is 12.7. The molecule has 118 valence electrons. The number of nitrogens with one attached hydrogen (secondary N) is 1. The fourth-order valence-corrected chi connectivity index (χ4v) is 2.15. The zero-order valence-corrected chi connectivity index (χ0v) is 12.7. The third-order valence-electron chi connectivity index (χ3n) is 3.33. The first-order valence-electron chi connectivity index (χ1n) is 7.29. The van der Waals surface area contributed by atoms with Crippen LogP contribution in [0, 0.1) is 10.1 Å². The molecule has 0 spiro atoms. The molecule has 0 amide bonds. The first-order valence-corrected chi connectivity index (χ1v) is 7.29. The van der Waals surface area contributed by atoms with E-state index in [1.165, 1.54) is 12.1 Å². The maximum atomic E-state index is 10.7. The minimum absolute atomic E-state index is 0.0394. The molecule has 0 radical (unpaired) electrons. The maximum Gasteiger partial charge on any atom is 0.269 e. The van der Waals surface area contributed by atoms with Gasteiger partial charge in [-0.3, -0.25) is 20.5 Å². The fraction of sp³-hybridized carbons (Fsp3) is 0. The number of nitro benzene ring substituents is 1. The summed E-state index contributed by atoms with van der Waals surface area (Å²) in [5.74, 6) is 0. The van der Waals surface area contributed by atoms with Crippen LogP contribution in [-0.2, 0) is 0 Å². The van der Waals surface area contributed by atoms with E-state index < -0.39 is 4.92 Å². The van der Waals surface area contributed by atoms with Crippen molar-refractivity contribution in [2.45, 2.75) is 0 Å². The lowest BCUT2D eigenvalue weighted by molar-refractivity contribution is -0.384. The predicted octanol–water partition coefficient (Wildman–Crippen LogP) is 3.85. The summed E-state index contributed by atoms with van der Waals surface area (Å²) in [6.45, 7) is 0. The second-order valence-corrected chi connectivity index (χ2v) is 4.96. The number of nitro groups is 1. The Labute approximate surface area is 138 Å². The molecule has 3 aromatic rings. The van der Waals surface area contributed by atoms with Crippen LogP contribution in [-0.4, -0.2) is 15.6 Å². The molecule has 0 bridgehead atoms. The van der Waals surface area contributed by atoms with Gasteiger partial charge in [-0.05, 0) is 24.3 Å². The van der Waals surface area contributed by atoms with Crippen molar-refractivity contribution >= 4 is 17.1 Å². The summed E-state index contributed by atoms with van der Waals surface area (Å²) in [5, 5.41) is 15.1. The standard InChI is InChI=1S/C18H14N4O2/c23-22(24)16-11-9-15(10-12-16)20-21-18(14-6-2-1-3-7-14)17-8-4-5-13-19-17/h1-13,20H/b21-18+. The minimum atomic E-state index is -0.434. The number of hydrogen-bond donors (Lipinski definition) is 1. The van der Waals surface area contributed by atoms with E-state index in [2.05, 4.69) is 15.5 Å². The van der Waals surface area contributed by atoms with Gasteiger partial charge in [-0.15, -0.1) is 0 Å². The molecule has 0 aliphatic carbocycles. The van der Waals surface area contributed by atoms with E-state index in [1.54, 1.807) is 18.3 Å². The molecule has 2 aromatic carbocycles. The number of aromatic nitrogens is 1. The maximum absolute atomic E-state index is 10.7. The van der Waals surface area contributed by atoms with E-state index in [0.29, 0.717) is 11.4 Å². The molecule has 1 heterocycles. The molecular formula is C18H14N4O2. The first kappa shape index (κ1) is 15.4. The van der Waals surface area contributed by atoms with Gasteiger partial charge in [-0.1, -0.05) is 36.4 Å². The van der Waals surface area contributed by atoms with Gasteiger partial charge < -0.3 is 0 Å². The SMILES string of the molecule is O=[N+]([O-])c1ccc(N/N=C(\c2ccccc2)c2ccccn2)cc1. The predicted molar refractivity (Wildman–Crippen MR) is 93.0 cm³/mol. The monoisotopic (exact) mass is 318 g/mol. The summed E-state index contributed by atoms with van der Waals surface area (Å²) in [6, 6.07) is 21.4. The van der Waals surface area contributed by atoms with Crippen LogP contribution in [0.15, 0.2) is 84.1 Å². The van der Waals surface area contributed by atoms with Crippen molar-refractivity contribution < 1.29 is 4.92 Å². The van der Waals surface area contributed by atoms with Crippen LogP contribution in [0.1, 0.15) is 11.3 Å². The van der Waals surface area contributed by atoms with Crippen LogP contribution >= 0.6 is 0 Å². The summed E-state index contributed by atoms with van der Waals surface area (Å²) in [5.41, 5.74) is 5.98. The fourth-order valence-electron chi connectivity index (χ4n) is 2.15. The Morgan fingerprint density at radius 3 is 2.29 bits per heavy atom. The largest absolute Gasteiger partial charge is 0.278 e. The molecule has 0 aliphatic rings. The van der Waals surface area contributed by atoms with Crippen LogP contribution in [0.5, 0.6) is 0 Å². The smallest absolute Gasteiger partial charge is 0.269 e. The molecule has 3 rings (SSSR count). The van der Waals surface area contributed by atoms with E-state index in [9.17, 15) is 10.1 Å². The first-order chi connectivity index (χ1) is 11.7. The normalized spacial score (nSPS) is 11.1. The summed E-state index contributed by atoms with van der Waals surface area (Å²) in [7, 11) is 0. The molecule has 6 nitrogen and oxygen atoms in total. The van der Waals surface area contributed by atoms with Gasteiger partial charge in [-0.2, -0.15) is 5.10 Å². The quantitative estimate of drug-likeness (QED) is 0.440. The van der Waals surface area contributed by atoms with Crippen molar-refractivity contribution in [2.75, 3.05) is 5.43 Å². The number of hydrogen-bond acceptors (Lipinski definition) is 5. The topological polar surface area (TPSA) is 80.4 Å². The molecule has 0 aliphatic heterocycles. The number of anilines is 1.